The van der Waals surface area contributed by atoms with Crippen molar-refractivity contribution in [3.8, 4) is 0 Å². The summed E-state index contributed by atoms with van der Waals surface area (Å²) in [6.45, 7) is 6.97. The van der Waals surface area contributed by atoms with Crippen molar-refractivity contribution in [2.45, 2.75) is 52.0 Å². The van der Waals surface area contributed by atoms with Gasteiger partial charge in [-0.15, -0.1) is 11.3 Å². The number of nitrogens with one attached hydrogen (secondary N) is 1. The van der Waals surface area contributed by atoms with E-state index in [0.717, 1.165) is 68.8 Å². The van der Waals surface area contributed by atoms with Crippen LogP contribution in [-0.2, 0) is 29.0 Å². The molecule has 0 aromatic carbocycles. The molecule has 168 valence electrons. The van der Waals surface area contributed by atoms with Crippen LogP contribution in [0, 0.1) is 0 Å². The molecule has 2 aliphatic rings. The number of aromatic nitrogens is 2. The largest absolute Gasteiger partial charge is 0.355 e. The van der Waals surface area contributed by atoms with Gasteiger partial charge in [-0.3, -0.25) is 19.0 Å². The monoisotopic (exact) mass is 445 g/mol. The van der Waals surface area contributed by atoms with Gasteiger partial charge >= 0.3 is 0 Å². The summed E-state index contributed by atoms with van der Waals surface area (Å²) >= 11 is 1.61. The highest BCUT2D eigenvalue weighted by Crippen LogP contribution is 2.33. The minimum Gasteiger partial charge on any atom is -0.355 e. The van der Waals surface area contributed by atoms with Crippen LogP contribution in [0.25, 0.3) is 10.2 Å². The van der Waals surface area contributed by atoms with Crippen LogP contribution < -0.4 is 10.9 Å². The Morgan fingerprint density at radius 3 is 2.71 bits per heavy atom. The molecule has 8 nitrogen and oxygen atoms in total. The SMILES string of the molecule is CCN1CCN(C(=O)CCCNC(=O)Cn2cnc3sc4c(c3c2=O)CCCC4)CC1. The van der Waals surface area contributed by atoms with E-state index < -0.39 is 0 Å². The molecular weight excluding hydrogens is 414 g/mol. The topological polar surface area (TPSA) is 87.5 Å². The molecule has 0 bridgehead atoms. The summed E-state index contributed by atoms with van der Waals surface area (Å²) in [6.07, 6.45) is 6.71. The second kappa shape index (κ2) is 9.91. The molecule has 9 heteroatoms. The molecule has 0 radical (unpaired) electrons. The fourth-order valence-corrected chi connectivity index (χ4v) is 5.66. The second-order valence-electron chi connectivity index (χ2n) is 8.34. The van der Waals surface area contributed by atoms with Crippen LogP contribution in [0.15, 0.2) is 11.1 Å². The van der Waals surface area contributed by atoms with Gasteiger partial charge in [-0.25, -0.2) is 4.98 Å². The number of hydrogen-bond acceptors (Lipinski definition) is 6. The third-order valence-corrected chi connectivity index (χ3v) is 7.52. The van der Waals surface area contributed by atoms with E-state index in [1.165, 1.54) is 15.8 Å². The van der Waals surface area contributed by atoms with Crippen molar-refractivity contribution in [3.05, 3.63) is 27.1 Å². The van der Waals surface area contributed by atoms with Crippen molar-refractivity contribution in [3.63, 3.8) is 0 Å². The quantitative estimate of drug-likeness (QED) is 0.651. The molecule has 1 aliphatic carbocycles. The zero-order valence-corrected chi connectivity index (χ0v) is 19.0. The van der Waals surface area contributed by atoms with Gasteiger partial charge in [-0.05, 0) is 44.2 Å². The minimum atomic E-state index is -0.226. The number of thiophene rings is 1. The van der Waals surface area contributed by atoms with Crippen LogP contribution in [0.2, 0.25) is 0 Å². The first-order valence-electron chi connectivity index (χ1n) is 11.3. The van der Waals surface area contributed by atoms with E-state index in [9.17, 15) is 14.4 Å². The van der Waals surface area contributed by atoms with Gasteiger partial charge < -0.3 is 15.1 Å². The van der Waals surface area contributed by atoms with Crippen LogP contribution in [0.1, 0.15) is 43.0 Å². The lowest BCUT2D eigenvalue weighted by molar-refractivity contribution is -0.133. The van der Waals surface area contributed by atoms with Gasteiger partial charge in [0.2, 0.25) is 11.8 Å². The number of amides is 2. The molecule has 3 heterocycles. The third kappa shape index (κ3) is 4.98. The number of likely N-dealkylation sites (N-methyl/N-ethyl adjacent to an activating group) is 1. The molecule has 2 aromatic rings. The van der Waals surface area contributed by atoms with E-state index in [4.69, 9.17) is 0 Å². The van der Waals surface area contributed by atoms with Gasteiger partial charge in [0.1, 0.15) is 11.4 Å². The lowest BCUT2D eigenvalue weighted by atomic mass is 9.97. The van der Waals surface area contributed by atoms with Crippen LogP contribution in [0.3, 0.4) is 0 Å². The number of rotatable bonds is 7. The maximum Gasteiger partial charge on any atom is 0.262 e. The highest BCUT2D eigenvalue weighted by molar-refractivity contribution is 7.18. The van der Waals surface area contributed by atoms with E-state index >= 15 is 0 Å². The Hall–Kier alpha value is -2.26. The predicted octanol–water partition coefficient (Wildman–Crippen LogP) is 1.40. The third-order valence-electron chi connectivity index (χ3n) is 6.32. The molecule has 0 atom stereocenters. The number of carbonyl (C=O) groups is 2. The Balaban J connectivity index is 1.26. The summed E-state index contributed by atoms with van der Waals surface area (Å²) in [6, 6.07) is 0. The average Bonchev–Trinajstić information content (AvgIpc) is 3.18. The van der Waals surface area contributed by atoms with Crippen molar-refractivity contribution in [2.75, 3.05) is 39.3 Å². The Morgan fingerprint density at radius 2 is 1.94 bits per heavy atom. The van der Waals surface area contributed by atoms with E-state index in [1.54, 1.807) is 11.3 Å². The van der Waals surface area contributed by atoms with Crippen molar-refractivity contribution in [1.29, 1.82) is 0 Å². The predicted molar refractivity (Wildman–Crippen MR) is 121 cm³/mol. The van der Waals surface area contributed by atoms with Crippen molar-refractivity contribution in [2.24, 2.45) is 0 Å². The summed E-state index contributed by atoms with van der Waals surface area (Å²) < 4.78 is 1.40. The molecule has 4 rings (SSSR count). The molecule has 0 saturated carbocycles. The number of fused-ring (bicyclic) bond motifs is 3. The number of piperazine rings is 1. The Labute approximate surface area is 186 Å². The zero-order chi connectivity index (χ0) is 21.8. The lowest BCUT2D eigenvalue weighted by Gasteiger charge is -2.34. The average molecular weight is 446 g/mol. The smallest absolute Gasteiger partial charge is 0.262 e. The summed E-state index contributed by atoms with van der Waals surface area (Å²) in [5, 5.41) is 3.53. The zero-order valence-electron chi connectivity index (χ0n) is 18.2. The highest BCUT2D eigenvalue weighted by Gasteiger charge is 2.21. The molecule has 0 spiro atoms. The molecule has 1 saturated heterocycles. The molecule has 2 amide bonds. The maximum absolute atomic E-state index is 12.9. The molecule has 2 aromatic heterocycles. The van der Waals surface area contributed by atoms with Gasteiger partial charge in [-0.2, -0.15) is 0 Å². The maximum atomic E-state index is 12.9. The molecule has 31 heavy (non-hydrogen) atoms. The van der Waals surface area contributed by atoms with E-state index in [-0.39, 0.29) is 23.9 Å². The first-order valence-corrected chi connectivity index (χ1v) is 12.1. The number of aryl methyl sites for hydroxylation is 2. The molecule has 1 fully saturated rings. The number of carbonyl (C=O) groups excluding carboxylic acids is 2. The highest BCUT2D eigenvalue weighted by atomic mass is 32.1. The molecule has 1 aliphatic heterocycles. The van der Waals surface area contributed by atoms with Crippen molar-refractivity contribution in [1.82, 2.24) is 24.7 Å². The fraction of sp³-hybridized carbons (Fsp3) is 0.636. The van der Waals surface area contributed by atoms with Gasteiger partial charge in [-0.1, -0.05) is 6.92 Å². The van der Waals surface area contributed by atoms with Crippen LogP contribution >= 0.6 is 11.3 Å². The van der Waals surface area contributed by atoms with Gasteiger partial charge in [0.15, 0.2) is 0 Å². The first-order chi connectivity index (χ1) is 15.1. The Kier molecular flexibility index (Phi) is 7.02. The molecule has 1 N–H and O–H groups in total. The van der Waals surface area contributed by atoms with Crippen LogP contribution in [0.4, 0.5) is 0 Å². The summed E-state index contributed by atoms with van der Waals surface area (Å²) in [4.78, 5) is 48.3. The van der Waals surface area contributed by atoms with Crippen molar-refractivity contribution >= 4 is 33.4 Å². The number of nitrogens with zero attached hydrogens (tertiary/aromatic N) is 4. The van der Waals surface area contributed by atoms with Crippen molar-refractivity contribution < 1.29 is 9.59 Å². The van der Waals surface area contributed by atoms with Gasteiger partial charge in [0.25, 0.3) is 5.56 Å². The minimum absolute atomic E-state index is 0.0423. The first kappa shape index (κ1) is 22.0. The second-order valence-corrected chi connectivity index (χ2v) is 9.42. The standard InChI is InChI=1S/C22H31N5O3S/c1-2-25-10-12-26(13-11-25)19(29)8-5-9-23-18(28)14-27-15-24-21-20(22(27)30)16-6-3-4-7-17(16)31-21/h15H,2-14H2,1H3,(H,23,28). The van der Waals surface area contributed by atoms with Gasteiger partial charge in [0, 0.05) is 44.0 Å². The van der Waals surface area contributed by atoms with Crippen LogP contribution in [0.5, 0.6) is 0 Å². The summed E-state index contributed by atoms with van der Waals surface area (Å²) in [5.41, 5.74) is 1.01. The van der Waals surface area contributed by atoms with E-state index in [1.807, 2.05) is 4.90 Å². The number of hydrogen-bond donors (Lipinski definition) is 1. The molecule has 0 unspecified atom stereocenters. The fourth-order valence-electron chi connectivity index (χ4n) is 4.44. The normalized spacial score (nSPS) is 17.0. The Morgan fingerprint density at radius 1 is 1.16 bits per heavy atom. The van der Waals surface area contributed by atoms with Crippen LogP contribution in [-0.4, -0.2) is 70.4 Å². The summed E-state index contributed by atoms with van der Waals surface area (Å²) in [7, 11) is 0. The molecular formula is C22H31N5O3S. The van der Waals surface area contributed by atoms with E-state index in [0.29, 0.717) is 24.8 Å². The Bertz CT molecular complexity index is 1010. The van der Waals surface area contributed by atoms with E-state index in [2.05, 4.69) is 22.1 Å². The lowest BCUT2D eigenvalue weighted by Crippen LogP contribution is -2.48. The summed E-state index contributed by atoms with van der Waals surface area (Å²) in [5.74, 6) is -0.0746. The van der Waals surface area contributed by atoms with Gasteiger partial charge in [0.05, 0.1) is 11.7 Å².